The van der Waals surface area contributed by atoms with E-state index in [4.69, 9.17) is 28.9 Å². The Morgan fingerprint density at radius 3 is 2.52 bits per heavy atom. The molecule has 1 unspecified atom stereocenters. The lowest BCUT2D eigenvalue weighted by atomic mass is 10.0. The molecule has 0 spiro atoms. The molecule has 2 N–H and O–H groups in total. The second-order valence-electron chi connectivity index (χ2n) is 4.12. The summed E-state index contributed by atoms with van der Waals surface area (Å²) < 4.78 is 40.5. The van der Waals surface area contributed by atoms with Crippen LogP contribution in [-0.4, -0.2) is 11.3 Å². The average Bonchev–Trinajstić information content (AvgIpc) is 2.36. The van der Waals surface area contributed by atoms with Gasteiger partial charge in [0.15, 0.2) is 0 Å². The zero-order valence-electron chi connectivity index (χ0n) is 10.4. The molecule has 112 valence electrons. The van der Waals surface area contributed by atoms with Crippen LogP contribution in [-0.2, 0) is 0 Å². The number of rotatable bonds is 3. The van der Waals surface area contributed by atoms with Crippen LogP contribution in [0.25, 0.3) is 0 Å². The summed E-state index contributed by atoms with van der Waals surface area (Å²) in [5.41, 5.74) is 6.67. The van der Waals surface area contributed by atoms with Crippen molar-refractivity contribution in [3.63, 3.8) is 0 Å². The van der Waals surface area contributed by atoms with Gasteiger partial charge in [-0.25, -0.2) is 0 Å². The SMILES string of the molecule is NC(c1cccc(OC(F)(F)F)c1)c1ncc(Cl)cc1Cl. The number of alkyl halides is 3. The topological polar surface area (TPSA) is 48.1 Å². The second-order valence-corrected chi connectivity index (χ2v) is 4.96. The summed E-state index contributed by atoms with van der Waals surface area (Å²) in [6.45, 7) is 0. The van der Waals surface area contributed by atoms with Crippen molar-refractivity contribution in [1.82, 2.24) is 4.98 Å². The van der Waals surface area contributed by atoms with Crippen molar-refractivity contribution in [3.8, 4) is 5.75 Å². The van der Waals surface area contributed by atoms with Crippen LogP contribution in [0.1, 0.15) is 17.3 Å². The summed E-state index contributed by atoms with van der Waals surface area (Å²) in [7, 11) is 0. The van der Waals surface area contributed by atoms with Crippen LogP contribution in [0.4, 0.5) is 13.2 Å². The molecular weight excluding hydrogens is 328 g/mol. The van der Waals surface area contributed by atoms with Gasteiger partial charge in [0.05, 0.1) is 21.8 Å². The molecule has 2 rings (SSSR count). The molecule has 1 atom stereocenters. The minimum absolute atomic E-state index is 0.233. The molecule has 8 heteroatoms. The van der Waals surface area contributed by atoms with Gasteiger partial charge in [-0.2, -0.15) is 0 Å². The fourth-order valence-electron chi connectivity index (χ4n) is 1.72. The first kappa shape index (κ1) is 15.9. The van der Waals surface area contributed by atoms with E-state index in [1.54, 1.807) is 6.07 Å². The average molecular weight is 337 g/mol. The van der Waals surface area contributed by atoms with Gasteiger partial charge < -0.3 is 10.5 Å². The molecule has 0 amide bonds. The van der Waals surface area contributed by atoms with E-state index >= 15 is 0 Å². The fraction of sp³-hybridized carbons (Fsp3) is 0.154. The maximum Gasteiger partial charge on any atom is 0.573 e. The third-order valence-corrected chi connectivity index (χ3v) is 3.09. The van der Waals surface area contributed by atoms with Gasteiger partial charge in [-0.15, -0.1) is 13.2 Å². The van der Waals surface area contributed by atoms with Gasteiger partial charge >= 0.3 is 6.36 Å². The molecule has 0 saturated carbocycles. The molecule has 0 bridgehead atoms. The molecule has 1 aromatic heterocycles. The van der Waals surface area contributed by atoms with Crippen molar-refractivity contribution >= 4 is 23.2 Å². The Morgan fingerprint density at radius 1 is 1.19 bits per heavy atom. The third kappa shape index (κ3) is 4.23. The van der Waals surface area contributed by atoms with Gasteiger partial charge in [-0.1, -0.05) is 35.3 Å². The van der Waals surface area contributed by atoms with Crippen LogP contribution < -0.4 is 10.5 Å². The first-order valence-corrected chi connectivity index (χ1v) is 6.44. The molecule has 21 heavy (non-hydrogen) atoms. The standard InChI is InChI=1S/C13H9Cl2F3N2O/c14-8-5-10(15)12(20-6-8)11(19)7-2-1-3-9(4-7)21-13(16,17)18/h1-6,11H,19H2. The minimum Gasteiger partial charge on any atom is -0.406 e. The van der Waals surface area contributed by atoms with Gasteiger partial charge in [0.25, 0.3) is 0 Å². The maximum absolute atomic E-state index is 12.2. The van der Waals surface area contributed by atoms with Gasteiger partial charge in [0.2, 0.25) is 0 Å². The molecule has 0 aliphatic heterocycles. The Labute approximate surface area is 128 Å². The van der Waals surface area contributed by atoms with Crippen LogP contribution >= 0.6 is 23.2 Å². The van der Waals surface area contributed by atoms with Gasteiger partial charge in [0, 0.05) is 6.20 Å². The third-order valence-electron chi connectivity index (χ3n) is 2.58. The van der Waals surface area contributed by atoms with E-state index in [1.165, 1.54) is 30.5 Å². The lowest BCUT2D eigenvalue weighted by molar-refractivity contribution is -0.274. The van der Waals surface area contributed by atoms with E-state index in [0.717, 1.165) is 0 Å². The van der Waals surface area contributed by atoms with Gasteiger partial charge in [-0.05, 0) is 23.8 Å². The smallest absolute Gasteiger partial charge is 0.406 e. The predicted molar refractivity (Wildman–Crippen MR) is 73.4 cm³/mol. The number of hydrogen-bond donors (Lipinski definition) is 1. The van der Waals surface area contributed by atoms with Gasteiger partial charge in [-0.3, -0.25) is 4.98 Å². The minimum atomic E-state index is -4.76. The normalized spacial score (nSPS) is 13.0. The Morgan fingerprint density at radius 2 is 1.90 bits per heavy atom. The molecule has 1 aromatic carbocycles. The molecule has 2 aromatic rings. The molecule has 0 aliphatic rings. The van der Waals surface area contributed by atoms with Gasteiger partial charge in [0.1, 0.15) is 5.75 Å². The number of pyridine rings is 1. The molecule has 0 fully saturated rings. The molecule has 3 nitrogen and oxygen atoms in total. The number of benzene rings is 1. The largest absolute Gasteiger partial charge is 0.573 e. The monoisotopic (exact) mass is 336 g/mol. The van der Waals surface area contributed by atoms with Crippen molar-refractivity contribution in [2.75, 3.05) is 0 Å². The lowest BCUT2D eigenvalue weighted by Gasteiger charge is -2.15. The molecule has 1 heterocycles. The van der Waals surface area contributed by atoms with Crippen LogP contribution in [0.5, 0.6) is 5.75 Å². The molecule has 0 radical (unpaired) electrons. The summed E-state index contributed by atoms with van der Waals surface area (Å²) in [5.74, 6) is -0.361. The van der Waals surface area contributed by atoms with E-state index < -0.39 is 12.4 Å². The lowest BCUT2D eigenvalue weighted by Crippen LogP contribution is -2.18. The maximum atomic E-state index is 12.2. The van der Waals surface area contributed by atoms with Crippen molar-refractivity contribution < 1.29 is 17.9 Å². The molecular formula is C13H9Cl2F3N2O. The number of nitrogens with zero attached hydrogens (tertiary/aromatic N) is 1. The Hall–Kier alpha value is -1.50. The van der Waals surface area contributed by atoms with Crippen molar-refractivity contribution in [2.45, 2.75) is 12.4 Å². The highest BCUT2D eigenvalue weighted by Gasteiger charge is 2.31. The highest BCUT2D eigenvalue weighted by atomic mass is 35.5. The first-order valence-electron chi connectivity index (χ1n) is 5.68. The van der Waals surface area contributed by atoms with Crippen LogP contribution in [0.2, 0.25) is 10.0 Å². The number of aromatic nitrogens is 1. The van der Waals surface area contributed by atoms with Crippen LogP contribution in [0.15, 0.2) is 36.5 Å². The summed E-state index contributed by atoms with van der Waals surface area (Å²) in [6.07, 6.45) is -3.41. The van der Waals surface area contributed by atoms with Crippen LogP contribution in [0.3, 0.4) is 0 Å². The zero-order chi connectivity index (χ0) is 15.6. The van der Waals surface area contributed by atoms with E-state index in [1.807, 2.05) is 0 Å². The first-order chi connectivity index (χ1) is 9.76. The van der Waals surface area contributed by atoms with E-state index in [9.17, 15) is 13.2 Å². The highest BCUT2D eigenvalue weighted by molar-refractivity contribution is 6.34. The Bertz CT molecular complexity index is 650. The number of nitrogens with two attached hydrogens (primary N) is 1. The van der Waals surface area contributed by atoms with Crippen molar-refractivity contribution in [1.29, 1.82) is 0 Å². The number of halogens is 5. The zero-order valence-corrected chi connectivity index (χ0v) is 11.9. The van der Waals surface area contributed by atoms with E-state index in [0.29, 0.717) is 16.3 Å². The summed E-state index contributed by atoms with van der Waals surface area (Å²) in [4.78, 5) is 4.01. The van der Waals surface area contributed by atoms with E-state index in [2.05, 4.69) is 9.72 Å². The van der Waals surface area contributed by atoms with Crippen molar-refractivity contribution in [2.24, 2.45) is 5.73 Å². The molecule has 0 aliphatic carbocycles. The quantitative estimate of drug-likeness (QED) is 0.907. The van der Waals surface area contributed by atoms with Crippen LogP contribution in [0, 0.1) is 0 Å². The Kier molecular flexibility index (Phi) is 4.61. The second kappa shape index (κ2) is 6.09. The van der Waals surface area contributed by atoms with E-state index in [-0.39, 0.29) is 10.8 Å². The fourth-order valence-corrected chi connectivity index (χ4v) is 2.21. The Balaban J connectivity index is 2.31. The predicted octanol–water partition coefficient (Wildman–Crippen LogP) is 4.34. The highest BCUT2D eigenvalue weighted by Crippen LogP contribution is 2.30. The molecule has 0 saturated heterocycles. The number of ether oxygens (including phenoxy) is 1. The van der Waals surface area contributed by atoms with Crippen molar-refractivity contribution in [3.05, 3.63) is 57.8 Å². The summed E-state index contributed by atoms with van der Waals surface area (Å²) in [6, 6.07) is 5.99. The summed E-state index contributed by atoms with van der Waals surface area (Å²) in [5, 5.41) is 0.572. The number of hydrogen-bond acceptors (Lipinski definition) is 3. The summed E-state index contributed by atoms with van der Waals surface area (Å²) >= 11 is 11.7.